The molecule has 0 atom stereocenters. The van der Waals surface area contributed by atoms with Gasteiger partial charge in [-0.15, -0.1) is 0 Å². The number of hydrogen-bond acceptors (Lipinski definition) is 3. The highest BCUT2D eigenvalue weighted by molar-refractivity contribution is 4.94. The minimum Gasteiger partial charge on any atom is -0.219 e. The van der Waals surface area contributed by atoms with Crippen molar-refractivity contribution in [1.82, 2.24) is 15.0 Å². The van der Waals surface area contributed by atoms with E-state index < -0.39 is 0 Å². The lowest BCUT2D eigenvalue weighted by Gasteiger charge is -2.01. The molecule has 1 aromatic rings. The lowest BCUT2D eigenvalue weighted by atomic mass is 10.1. The Kier molecular flexibility index (Phi) is 4.50. The summed E-state index contributed by atoms with van der Waals surface area (Å²) in [6.45, 7) is 6.06. The molecule has 0 unspecified atom stereocenters. The van der Waals surface area contributed by atoms with Crippen LogP contribution in [0.2, 0.25) is 0 Å². The largest absolute Gasteiger partial charge is 0.219 e. The Hall–Kier alpha value is -0.990. The van der Waals surface area contributed by atoms with Gasteiger partial charge >= 0.3 is 0 Å². The van der Waals surface area contributed by atoms with Crippen molar-refractivity contribution in [3.05, 3.63) is 17.5 Å². The first-order chi connectivity index (χ1) is 6.72. The summed E-state index contributed by atoms with van der Waals surface area (Å²) in [7, 11) is 0. The summed E-state index contributed by atoms with van der Waals surface area (Å²) in [5, 5.41) is 0. The monoisotopic (exact) mass is 193 g/mol. The van der Waals surface area contributed by atoms with Gasteiger partial charge in [-0.2, -0.15) is 0 Å². The predicted molar refractivity (Wildman–Crippen MR) is 57.1 cm³/mol. The molecular weight excluding hydrogens is 174 g/mol. The van der Waals surface area contributed by atoms with Crippen LogP contribution in [0.15, 0.2) is 0 Å². The highest BCUT2D eigenvalue weighted by Crippen LogP contribution is 2.04. The van der Waals surface area contributed by atoms with E-state index in [0.29, 0.717) is 0 Å². The van der Waals surface area contributed by atoms with Gasteiger partial charge in [0, 0.05) is 6.42 Å². The van der Waals surface area contributed by atoms with Crippen molar-refractivity contribution in [3.63, 3.8) is 0 Å². The fourth-order valence-electron chi connectivity index (χ4n) is 1.50. The molecule has 1 aromatic heterocycles. The predicted octanol–water partition coefficient (Wildman–Crippen LogP) is 2.61. The van der Waals surface area contributed by atoms with E-state index in [-0.39, 0.29) is 0 Å². The SMILES string of the molecule is CCCCCCc1nc(C)nc(C)n1. The maximum atomic E-state index is 4.31. The van der Waals surface area contributed by atoms with Crippen molar-refractivity contribution in [2.24, 2.45) is 0 Å². The fourth-order valence-corrected chi connectivity index (χ4v) is 1.50. The van der Waals surface area contributed by atoms with Crippen molar-refractivity contribution >= 4 is 0 Å². The maximum Gasteiger partial charge on any atom is 0.132 e. The Balaban J connectivity index is 2.42. The number of nitrogens with zero attached hydrogens (tertiary/aromatic N) is 3. The normalized spacial score (nSPS) is 10.5. The van der Waals surface area contributed by atoms with E-state index in [1.165, 1.54) is 25.7 Å². The third-order valence-electron chi connectivity index (χ3n) is 2.16. The number of aryl methyl sites for hydroxylation is 3. The Morgan fingerprint density at radius 1 is 0.857 bits per heavy atom. The minimum atomic E-state index is 0.836. The minimum absolute atomic E-state index is 0.836. The third kappa shape index (κ3) is 3.81. The highest BCUT2D eigenvalue weighted by atomic mass is 15.0. The van der Waals surface area contributed by atoms with Crippen LogP contribution >= 0.6 is 0 Å². The quantitative estimate of drug-likeness (QED) is 0.675. The van der Waals surface area contributed by atoms with Crippen LogP contribution in [0.3, 0.4) is 0 Å². The average molecular weight is 193 g/mol. The van der Waals surface area contributed by atoms with E-state index in [4.69, 9.17) is 0 Å². The molecule has 1 rings (SSSR count). The lowest BCUT2D eigenvalue weighted by Crippen LogP contribution is -2.02. The molecule has 0 saturated carbocycles. The number of unbranched alkanes of at least 4 members (excludes halogenated alkanes) is 3. The van der Waals surface area contributed by atoms with Crippen LogP contribution in [0.4, 0.5) is 0 Å². The maximum absolute atomic E-state index is 4.31. The first-order valence-corrected chi connectivity index (χ1v) is 5.40. The van der Waals surface area contributed by atoms with Gasteiger partial charge in [-0.05, 0) is 20.3 Å². The molecule has 78 valence electrons. The van der Waals surface area contributed by atoms with Gasteiger partial charge in [0.1, 0.15) is 17.5 Å². The van der Waals surface area contributed by atoms with Crippen LogP contribution in [0, 0.1) is 13.8 Å². The molecule has 0 aromatic carbocycles. The Labute approximate surface area is 86.0 Å². The molecule has 3 nitrogen and oxygen atoms in total. The molecule has 1 heterocycles. The van der Waals surface area contributed by atoms with E-state index in [1.807, 2.05) is 13.8 Å². The van der Waals surface area contributed by atoms with E-state index in [2.05, 4.69) is 21.9 Å². The summed E-state index contributed by atoms with van der Waals surface area (Å²) in [4.78, 5) is 12.8. The average Bonchev–Trinajstić information content (AvgIpc) is 2.11. The van der Waals surface area contributed by atoms with Crippen LogP contribution < -0.4 is 0 Å². The lowest BCUT2D eigenvalue weighted by molar-refractivity contribution is 0.645. The summed E-state index contributed by atoms with van der Waals surface area (Å²) < 4.78 is 0. The first kappa shape index (κ1) is 11.1. The van der Waals surface area contributed by atoms with E-state index in [9.17, 15) is 0 Å². The Bertz CT molecular complexity index is 264. The third-order valence-corrected chi connectivity index (χ3v) is 2.16. The van der Waals surface area contributed by atoms with Gasteiger partial charge in [-0.3, -0.25) is 0 Å². The summed E-state index contributed by atoms with van der Waals surface area (Å²) >= 11 is 0. The van der Waals surface area contributed by atoms with Crippen LogP contribution in [0.1, 0.15) is 50.1 Å². The van der Waals surface area contributed by atoms with Crippen LogP contribution in [-0.2, 0) is 6.42 Å². The first-order valence-electron chi connectivity index (χ1n) is 5.40. The number of rotatable bonds is 5. The van der Waals surface area contributed by atoms with Crippen LogP contribution in [0.5, 0.6) is 0 Å². The molecule has 14 heavy (non-hydrogen) atoms. The van der Waals surface area contributed by atoms with E-state index in [1.54, 1.807) is 0 Å². The molecule has 0 saturated heterocycles. The van der Waals surface area contributed by atoms with Crippen molar-refractivity contribution in [1.29, 1.82) is 0 Å². The van der Waals surface area contributed by atoms with E-state index >= 15 is 0 Å². The van der Waals surface area contributed by atoms with Gasteiger partial charge < -0.3 is 0 Å². The zero-order chi connectivity index (χ0) is 10.4. The second-order valence-corrected chi connectivity index (χ2v) is 3.66. The Morgan fingerprint density at radius 2 is 1.50 bits per heavy atom. The van der Waals surface area contributed by atoms with Gasteiger partial charge in [-0.1, -0.05) is 26.2 Å². The summed E-state index contributed by atoms with van der Waals surface area (Å²) in [5.74, 6) is 2.62. The molecular formula is C11H19N3. The molecule has 0 N–H and O–H groups in total. The van der Waals surface area contributed by atoms with Crippen molar-refractivity contribution in [2.75, 3.05) is 0 Å². The molecule has 0 fully saturated rings. The second kappa shape index (κ2) is 5.68. The van der Waals surface area contributed by atoms with Crippen LogP contribution in [-0.4, -0.2) is 15.0 Å². The molecule has 0 aliphatic carbocycles. The van der Waals surface area contributed by atoms with Gasteiger partial charge in [0.15, 0.2) is 0 Å². The summed E-state index contributed by atoms with van der Waals surface area (Å²) in [6.07, 6.45) is 6.04. The van der Waals surface area contributed by atoms with Crippen molar-refractivity contribution in [3.8, 4) is 0 Å². The van der Waals surface area contributed by atoms with Crippen molar-refractivity contribution in [2.45, 2.75) is 52.9 Å². The topological polar surface area (TPSA) is 38.7 Å². The fraction of sp³-hybridized carbons (Fsp3) is 0.727. The highest BCUT2D eigenvalue weighted by Gasteiger charge is 1.99. The van der Waals surface area contributed by atoms with Gasteiger partial charge in [0.05, 0.1) is 0 Å². The molecule has 0 aliphatic heterocycles. The molecule has 3 heteroatoms. The Morgan fingerprint density at radius 3 is 2.07 bits per heavy atom. The summed E-state index contributed by atoms with van der Waals surface area (Å²) in [5.41, 5.74) is 0. The second-order valence-electron chi connectivity index (χ2n) is 3.66. The number of aromatic nitrogens is 3. The zero-order valence-corrected chi connectivity index (χ0v) is 9.38. The molecule has 0 radical (unpaired) electrons. The molecule has 0 spiro atoms. The van der Waals surface area contributed by atoms with Gasteiger partial charge in [0.25, 0.3) is 0 Å². The smallest absolute Gasteiger partial charge is 0.132 e. The molecule has 0 amide bonds. The number of hydrogen-bond donors (Lipinski definition) is 0. The van der Waals surface area contributed by atoms with Gasteiger partial charge in [0.2, 0.25) is 0 Å². The van der Waals surface area contributed by atoms with Gasteiger partial charge in [-0.25, -0.2) is 15.0 Å². The summed E-state index contributed by atoms with van der Waals surface area (Å²) in [6, 6.07) is 0. The molecule has 0 bridgehead atoms. The van der Waals surface area contributed by atoms with Crippen molar-refractivity contribution < 1.29 is 0 Å². The van der Waals surface area contributed by atoms with Crippen LogP contribution in [0.25, 0.3) is 0 Å². The standard InChI is InChI=1S/C11H19N3/c1-4-5-6-7-8-11-13-9(2)12-10(3)14-11/h4-8H2,1-3H3. The zero-order valence-electron chi connectivity index (χ0n) is 9.38. The molecule has 0 aliphatic rings. The van der Waals surface area contributed by atoms with E-state index in [0.717, 1.165) is 23.9 Å².